The van der Waals surface area contributed by atoms with Crippen molar-refractivity contribution in [2.45, 2.75) is 0 Å². The predicted octanol–water partition coefficient (Wildman–Crippen LogP) is 2.84. The Labute approximate surface area is 157 Å². The number of methoxy groups -OCH3 is 1. The SMILES string of the molecule is COc1ccc(-c2ccc3nc(-n4cc(OC(=O)O)cn4)[nH]c(=O)c3c2)cc1. The Morgan fingerprint density at radius 3 is 2.57 bits per heavy atom. The lowest BCUT2D eigenvalue weighted by Crippen LogP contribution is -2.13. The average molecular weight is 378 g/mol. The Kier molecular flexibility index (Phi) is 4.24. The van der Waals surface area contributed by atoms with Crippen molar-refractivity contribution in [3.8, 4) is 28.6 Å². The molecule has 4 aromatic rings. The van der Waals surface area contributed by atoms with E-state index in [1.165, 1.54) is 17.1 Å². The second-order valence-corrected chi connectivity index (χ2v) is 5.84. The molecule has 0 aliphatic carbocycles. The summed E-state index contributed by atoms with van der Waals surface area (Å²) >= 11 is 0. The van der Waals surface area contributed by atoms with Gasteiger partial charge in [0, 0.05) is 0 Å². The number of hydrogen-bond acceptors (Lipinski definition) is 6. The summed E-state index contributed by atoms with van der Waals surface area (Å²) < 4.78 is 10.9. The van der Waals surface area contributed by atoms with E-state index in [1.54, 1.807) is 19.2 Å². The molecule has 0 aliphatic heterocycles. The summed E-state index contributed by atoms with van der Waals surface area (Å²) in [6.45, 7) is 0. The molecule has 2 heterocycles. The van der Waals surface area contributed by atoms with E-state index in [9.17, 15) is 9.59 Å². The molecule has 0 unspecified atom stereocenters. The first-order valence-electron chi connectivity index (χ1n) is 8.18. The number of benzene rings is 2. The van der Waals surface area contributed by atoms with Gasteiger partial charge in [0.25, 0.3) is 5.56 Å². The van der Waals surface area contributed by atoms with E-state index < -0.39 is 6.16 Å². The molecule has 0 fully saturated rings. The van der Waals surface area contributed by atoms with Gasteiger partial charge in [-0.15, -0.1) is 0 Å². The van der Waals surface area contributed by atoms with E-state index in [1.807, 2.05) is 30.3 Å². The molecule has 0 saturated heterocycles. The molecular weight excluding hydrogens is 364 g/mol. The van der Waals surface area contributed by atoms with Crippen molar-refractivity contribution in [1.29, 1.82) is 0 Å². The highest BCUT2D eigenvalue weighted by molar-refractivity contribution is 5.84. The van der Waals surface area contributed by atoms with Gasteiger partial charge in [0.05, 0.1) is 30.4 Å². The highest BCUT2D eigenvalue weighted by atomic mass is 16.7. The largest absolute Gasteiger partial charge is 0.511 e. The molecule has 0 aliphatic rings. The average Bonchev–Trinajstić information content (AvgIpc) is 3.15. The second-order valence-electron chi connectivity index (χ2n) is 5.84. The van der Waals surface area contributed by atoms with Crippen LogP contribution in [0.3, 0.4) is 0 Å². The van der Waals surface area contributed by atoms with E-state index in [-0.39, 0.29) is 17.3 Å². The number of hydrogen-bond donors (Lipinski definition) is 2. The Morgan fingerprint density at radius 2 is 1.86 bits per heavy atom. The van der Waals surface area contributed by atoms with Crippen molar-refractivity contribution >= 4 is 17.1 Å². The van der Waals surface area contributed by atoms with Crippen LogP contribution >= 0.6 is 0 Å². The first-order valence-corrected chi connectivity index (χ1v) is 8.18. The lowest BCUT2D eigenvalue weighted by molar-refractivity contribution is 0.144. The third kappa shape index (κ3) is 3.28. The van der Waals surface area contributed by atoms with Crippen LogP contribution in [0.15, 0.2) is 59.7 Å². The summed E-state index contributed by atoms with van der Waals surface area (Å²) in [6.07, 6.45) is 1.07. The first-order chi connectivity index (χ1) is 13.5. The number of nitrogens with one attached hydrogen (secondary N) is 1. The Bertz CT molecular complexity index is 1230. The number of carboxylic acid groups (broad SMARTS) is 1. The van der Waals surface area contributed by atoms with Crippen molar-refractivity contribution in [3.05, 3.63) is 65.2 Å². The van der Waals surface area contributed by atoms with Crippen LogP contribution in [0, 0.1) is 0 Å². The summed E-state index contributed by atoms with van der Waals surface area (Å²) in [4.78, 5) is 30.2. The zero-order chi connectivity index (χ0) is 19.7. The van der Waals surface area contributed by atoms with Crippen LogP contribution < -0.4 is 15.0 Å². The highest BCUT2D eigenvalue weighted by Crippen LogP contribution is 2.24. The fourth-order valence-electron chi connectivity index (χ4n) is 2.77. The molecule has 2 N–H and O–H groups in total. The number of nitrogens with zero attached hydrogens (tertiary/aromatic N) is 3. The van der Waals surface area contributed by atoms with Crippen molar-refractivity contribution in [3.63, 3.8) is 0 Å². The number of fused-ring (bicyclic) bond motifs is 1. The molecule has 0 saturated carbocycles. The molecule has 0 bridgehead atoms. The molecule has 0 amide bonds. The number of aromatic nitrogens is 4. The van der Waals surface area contributed by atoms with Gasteiger partial charge in [-0.05, 0) is 35.4 Å². The Balaban J connectivity index is 1.72. The van der Waals surface area contributed by atoms with Gasteiger partial charge >= 0.3 is 6.16 Å². The molecule has 0 spiro atoms. The standard InChI is InChI=1S/C19H14N4O5/c1-27-13-5-2-11(3-6-13)12-4-7-16-15(8-12)17(24)22-18(21-16)23-10-14(9-20-23)28-19(25)26/h2-10H,1H3,(H,25,26)(H,21,22,24). The van der Waals surface area contributed by atoms with Crippen LogP contribution in [0.2, 0.25) is 0 Å². The summed E-state index contributed by atoms with van der Waals surface area (Å²) in [6, 6.07) is 12.9. The van der Waals surface area contributed by atoms with Crippen LogP contribution in [0.4, 0.5) is 4.79 Å². The highest BCUT2D eigenvalue weighted by Gasteiger charge is 2.10. The topological polar surface area (TPSA) is 119 Å². The fourth-order valence-corrected chi connectivity index (χ4v) is 2.77. The molecule has 0 radical (unpaired) electrons. The van der Waals surface area contributed by atoms with Gasteiger partial charge in [0.2, 0.25) is 5.95 Å². The van der Waals surface area contributed by atoms with Gasteiger partial charge < -0.3 is 14.6 Å². The smallest absolute Gasteiger partial charge is 0.497 e. The first kappa shape index (κ1) is 17.3. The molecule has 0 atom stereocenters. The summed E-state index contributed by atoms with van der Waals surface area (Å²) in [7, 11) is 1.60. The van der Waals surface area contributed by atoms with Crippen LogP contribution in [0.5, 0.6) is 11.5 Å². The maximum absolute atomic E-state index is 12.6. The predicted molar refractivity (Wildman–Crippen MR) is 100 cm³/mol. The summed E-state index contributed by atoms with van der Waals surface area (Å²) in [5, 5.41) is 13.0. The number of aromatic amines is 1. The van der Waals surface area contributed by atoms with Crippen LogP contribution in [-0.4, -0.2) is 38.1 Å². The normalized spacial score (nSPS) is 10.8. The van der Waals surface area contributed by atoms with Gasteiger partial charge in [0.1, 0.15) is 5.75 Å². The van der Waals surface area contributed by atoms with E-state index in [0.29, 0.717) is 10.9 Å². The number of rotatable bonds is 4. The van der Waals surface area contributed by atoms with Crippen molar-refractivity contribution in [2.75, 3.05) is 7.11 Å². The van der Waals surface area contributed by atoms with Gasteiger partial charge in [-0.1, -0.05) is 18.2 Å². The monoisotopic (exact) mass is 378 g/mol. The quantitative estimate of drug-likeness (QED) is 0.524. The maximum atomic E-state index is 12.6. The Hall–Kier alpha value is -4.14. The minimum Gasteiger partial charge on any atom is -0.497 e. The van der Waals surface area contributed by atoms with Crippen molar-refractivity contribution in [2.24, 2.45) is 0 Å². The lowest BCUT2D eigenvalue weighted by atomic mass is 10.0. The fraction of sp³-hybridized carbons (Fsp3) is 0.0526. The Morgan fingerprint density at radius 1 is 1.11 bits per heavy atom. The van der Waals surface area contributed by atoms with E-state index in [0.717, 1.165) is 16.9 Å². The summed E-state index contributed by atoms with van der Waals surface area (Å²) in [5.74, 6) is 0.916. The minimum absolute atomic E-state index is 0.0186. The second kappa shape index (κ2) is 6.88. The van der Waals surface area contributed by atoms with Crippen molar-refractivity contribution in [1.82, 2.24) is 19.7 Å². The molecule has 9 nitrogen and oxygen atoms in total. The van der Waals surface area contributed by atoms with Crippen molar-refractivity contribution < 1.29 is 19.4 Å². The van der Waals surface area contributed by atoms with Crippen LogP contribution in [0.1, 0.15) is 0 Å². The molecule has 140 valence electrons. The molecule has 9 heteroatoms. The van der Waals surface area contributed by atoms with Crippen LogP contribution in [0.25, 0.3) is 28.0 Å². The number of carbonyl (C=O) groups is 1. The van der Waals surface area contributed by atoms with Gasteiger partial charge in [-0.3, -0.25) is 9.78 Å². The molecule has 2 aromatic carbocycles. The number of H-pyrrole nitrogens is 1. The minimum atomic E-state index is -1.45. The van der Waals surface area contributed by atoms with Gasteiger partial charge in [-0.2, -0.15) is 5.10 Å². The van der Waals surface area contributed by atoms with E-state index >= 15 is 0 Å². The third-order valence-corrected chi connectivity index (χ3v) is 4.10. The van der Waals surface area contributed by atoms with E-state index in [2.05, 4.69) is 19.8 Å². The van der Waals surface area contributed by atoms with E-state index in [4.69, 9.17) is 9.84 Å². The molecule has 2 aromatic heterocycles. The summed E-state index contributed by atoms with van der Waals surface area (Å²) in [5.41, 5.74) is 1.94. The molecule has 4 rings (SSSR count). The van der Waals surface area contributed by atoms with Gasteiger partial charge in [-0.25, -0.2) is 14.5 Å². The number of ether oxygens (including phenoxy) is 2. The zero-order valence-electron chi connectivity index (χ0n) is 14.6. The molecule has 28 heavy (non-hydrogen) atoms. The zero-order valence-corrected chi connectivity index (χ0v) is 14.6. The molecular formula is C19H14N4O5. The lowest BCUT2D eigenvalue weighted by Gasteiger charge is -2.06. The third-order valence-electron chi connectivity index (χ3n) is 4.10. The maximum Gasteiger partial charge on any atom is 0.511 e. The van der Waals surface area contributed by atoms with Crippen LogP contribution in [-0.2, 0) is 0 Å². The van der Waals surface area contributed by atoms with Gasteiger partial charge in [0.15, 0.2) is 5.75 Å².